The molecule has 0 aliphatic carbocycles. The first-order chi connectivity index (χ1) is 6.63. The van der Waals surface area contributed by atoms with Gasteiger partial charge in [-0.15, -0.1) is 11.3 Å². The molecule has 0 fully saturated rings. The minimum atomic E-state index is 0.531. The van der Waals surface area contributed by atoms with Crippen molar-refractivity contribution in [2.75, 3.05) is 7.05 Å². The molecule has 14 heavy (non-hydrogen) atoms. The average Bonchev–Trinajstić information content (AvgIpc) is 2.51. The molecule has 0 radical (unpaired) electrons. The Labute approximate surface area is 91.5 Å². The molecule has 0 saturated carbocycles. The van der Waals surface area contributed by atoms with Crippen LogP contribution in [0, 0.1) is 11.5 Å². The highest BCUT2D eigenvalue weighted by Crippen LogP contribution is 2.18. The van der Waals surface area contributed by atoms with Gasteiger partial charge in [-0.1, -0.05) is 11.6 Å². The van der Waals surface area contributed by atoms with Gasteiger partial charge in [0.1, 0.15) is 5.84 Å². The van der Waals surface area contributed by atoms with Crippen LogP contribution in [0.1, 0.15) is 11.8 Å². The van der Waals surface area contributed by atoms with E-state index in [0.29, 0.717) is 16.8 Å². The normalized spacial score (nSPS) is 11.1. The van der Waals surface area contributed by atoms with Crippen molar-refractivity contribution in [2.45, 2.75) is 13.5 Å². The second-order valence-corrected chi connectivity index (χ2v) is 4.39. The van der Waals surface area contributed by atoms with Crippen molar-refractivity contribution in [1.29, 1.82) is 5.26 Å². The molecule has 0 spiro atoms. The lowest BCUT2D eigenvalue weighted by atomic mass is 10.4. The van der Waals surface area contributed by atoms with Crippen LogP contribution < -0.4 is 0 Å². The molecule has 1 rings (SSSR count). The SMILES string of the molecule is C/C(=N\C#N)N(C)Cc1cnc(Cl)s1. The van der Waals surface area contributed by atoms with E-state index in [1.807, 2.05) is 11.9 Å². The van der Waals surface area contributed by atoms with Crippen LogP contribution in [0.3, 0.4) is 0 Å². The van der Waals surface area contributed by atoms with E-state index in [1.165, 1.54) is 11.3 Å². The second kappa shape index (κ2) is 4.94. The van der Waals surface area contributed by atoms with Gasteiger partial charge in [-0.05, 0) is 6.92 Å². The molecule has 74 valence electrons. The Kier molecular flexibility index (Phi) is 3.86. The first kappa shape index (κ1) is 11.0. The third-order valence-electron chi connectivity index (χ3n) is 1.68. The van der Waals surface area contributed by atoms with Gasteiger partial charge < -0.3 is 4.90 Å². The number of nitrogens with zero attached hydrogens (tertiary/aromatic N) is 4. The zero-order chi connectivity index (χ0) is 10.6. The van der Waals surface area contributed by atoms with E-state index in [4.69, 9.17) is 16.9 Å². The summed E-state index contributed by atoms with van der Waals surface area (Å²) in [7, 11) is 1.86. The highest BCUT2D eigenvalue weighted by molar-refractivity contribution is 7.15. The minimum Gasteiger partial charge on any atom is -0.357 e. The summed E-state index contributed by atoms with van der Waals surface area (Å²) in [6.07, 6.45) is 3.47. The van der Waals surface area contributed by atoms with Gasteiger partial charge in [0.25, 0.3) is 0 Å². The van der Waals surface area contributed by atoms with Gasteiger partial charge in [0.2, 0.25) is 6.19 Å². The van der Waals surface area contributed by atoms with Crippen LogP contribution >= 0.6 is 22.9 Å². The maximum Gasteiger partial charge on any atom is 0.207 e. The van der Waals surface area contributed by atoms with E-state index in [1.54, 1.807) is 19.3 Å². The molecule has 0 amide bonds. The topological polar surface area (TPSA) is 52.3 Å². The zero-order valence-corrected chi connectivity index (χ0v) is 9.43. The lowest BCUT2D eigenvalue weighted by Gasteiger charge is -2.15. The van der Waals surface area contributed by atoms with Crippen LogP contribution in [-0.4, -0.2) is 22.8 Å². The molecule has 1 heterocycles. The maximum absolute atomic E-state index is 8.36. The van der Waals surface area contributed by atoms with E-state index in [9.17, 15) is 0 Å². The fourth-order valence-corrected chi connectivity index (χ4v) is 1.89. The molecule has 1 aromatic heterocycles. The predicted molar refractivity (Wildman–Crippen MR) is 57.3 cm³/mol. The molecule has 0 aliphatic rings. The van der Waals surface area contributed by atoms with E-state index in [0.717, 1.165) is 4.88 Å². The molecule has 0 atom stereocenters. The summed E-state index contributed by atoms with van der Waals surface area (Å²) in [6.45, 7) is 2.45. The number of hydrogen-bond acceptors (Lipinski definition) is 4. The fraction of sp³-hybridized carbons (Fsp3) is 0.375. The molecule has 0 aromatic carbocycles. The first-order valence-corrected chi connectivity index (χ1v) is 5.07. The van der Waals surface area contributed by atoms with Gasteiger partial charge in [0.05, 0.1) is 6.54 Å². The number of nitriles is 1. The van der Waals surface area contributed by atoms with Gasteiger partial charge in [-0.25, -0.2) is 4.98 Å². The Balaban J connectivity index is 2.62. The van der Waals surface area contributed by atoms with Crippen molar-refractivity contribution >= 4 is 28.8 Å². The maximum atomic E-state index is 8.36. The van der Waals surface area contributed by atoms with Gasteiger partial charge in [0.15, 0.2) is 4.47 Å². The van der Waals surface area contributed by atoms with Crippen LogP contribution in [0.15, 0.2) is 11.2 Å². The van der Waals surface area contributed by atoms with E-state index < -0.39 is 0 Å². The van der Waals surface area contributed by atoms with Crippen molar-refractivity contribution in [3.05, 3.63) is 15.5 Å². The third kappa shape index (κ3) is 2.98. The van der Waals surface area contributed by atoms with Crippen LogP contribution in [0.2, 0.25) is 4.47 Å². The molecular formula is C8H9ClN4S. The largest absolute Gasteiger partial charge is 0.357 e. The van der Waals surface area contributed by atoms with Crippen LogP contribution in [-0.2, 0) is 6.54 Å². The quantitative estimate of drug-likeness (QED) is 0.443. The smallest absolute Gasteiger partial charge is 0.207 e. The van der Waals surface area contributed by atoms with Crippen molar-refractivity contribution in [1.82, 2.24) is 9.88 Å². The predicted octanol–water partition coefficient (Wildman–Crippen LogP) is 2.13. The molecule has 0 unspecified atom stereocenters. The monoisotopic (exact) mass is 228 g/mol. The first-order valence-electron chi connectivity index (χ1n) is 3.88. The molecule has 0 N–H and O–H groups in total. The van der Waals surface area contributed by atoms with Crippen LogP contribution in [0.4, 0.5) is 0 Å². The van der Waals surface area contributed by atoms with Crippen molar-refractivity contribution < 1.29 is 0 Å². The lowest BCUT2D eigenvalue weighted by molar-refractivity contribution is 0.502. The number of hydrogen-bond donors (Lipinski definition) is 0. The standard InChI is InChI=1S/C8H9ClN4S/c1-6(12-5-10)13(2)4-7-3-11-8(9)14-7/h3H,4H2,1-2H3/b12-6+. The summed E-state index contributed by atoms with van der Waals surface area (Å²) in [5.74, 6) is 0.678. The Morgan fingerprint density at radius 2 is 2.57 bits per heavy atom. The summed E-state index contributed by atoms with van der Waals surface area (Å²) < 4.78 is 0.531. The zero-order valence-electron chi connectivity index (χ0n) is 7.86. The number of aliphatic imine (C=N–C) groups is 1. The molecule has 4 nitrogen and oxygen atoms in total. The number of aromatic nitrogens is 1. The summed E-state index contributed by atoms with van der Waals surface area (Å²) in [4.78, 5) is 10.5. The summed E-state index contributed by atoms with van der Waals surface area (Å²) >= 11 is 7.12. The molecule has 0 aliphatic heterocycles. The Bertz CT molecular complexity index is 379. The molecule has 6 heteroatoms. The number of thiazole rings is 1. The van der Waals surface area contributed by atoms with Gasteiger partial charge in [0, 0.05) is 18.1 Å². The van der Waals surface area contributed by atoms with E-state index in [-0.39, 0.29) is 0 Å². The van der Waals surface area contributed by atoms with E-state index in [2.05, 4.69) is 9.98 Å². The Hall–Kier alpha value is -1.12. The Morgan fingerprint density at radius 3 is 3.07 bits per heavy atom. The molecular weight excluding hydrogens is 220 g/mol. The highest BCUT2D eigenvalue weighted by Gasteiger charge is 2.05. The fourth-order valence-electron chi connectivity index (χ4n) is 0.863. The summed E-state index contributed by atoms with van der Waals surface area (Å²) in [5, 5.41) is 8.36. The van der Waals surface area contributed by atoms with Gasteiger partial charge >= 0.3 is 0 Å². The summed E-state index contributed by atoms with van der Waals surface area (Å²) in [6, 6.07) is 0. The number of rotatable bonds is 2. The Morgan fingerprint density at radius 1 is 1.86 bits per heavy atom. The molecule has 1 aromatic rings. The summed E-state index contributed by atoms with van der Waals surface area (Å²) in [5.41, 5.74) is 0. The second-order valence-electron chi connectivity index (χ2n) is 2.69. The van der Waals surface area contributed by atoms with Crippen LogP contribution in [0.5, 0.6) is 0 Å². The van der Waals surface area contributed by atoms with Crippen molar-refractivity contribution in [3.8, 4) is 6.19 Å². The number of halogens is 1. The molecule has 0 bridgehead atoms. The molecule has 0 saturated heterocycles. The third-order valence-corrected chi connectivity index (χ3v) is 2.78. The van der Waals surface area contributed by atoms with Crippen LogP contribution in [0.25, 0.3) is 0 Å². The number of amidine groups is 1. The average molecular weight is 229 g/mol. The van der Waals surface area contributed by atoms with E-state index >= 15 is 0 Å². The highest BCUT2D eigenvalue weighted by atomic mass is 35.5. The van der Waals surface area contributed by atoms with Crippen molar-refractivity contribution in [3.63, 3.8) is 0 Å². The lowest BCUT2D eigenvalue weighted by Crippen LogP contribution is -2.22. The van der Waals surface area contributed by atoms with Gasteiger partial charge in [-0.2, -0.15) is 10.3 Å². The minimum absolute atomic E-state index is 0.531. The van der Waals surface area contributed by atoms with Gasteiger partial charge in [-0.3, -0.25) is 0 Å². The van der Waals surface area contributed by atoms with Crippen molar-refractivity contribution in [2.24, 2.45) is 4.99 Å².